The van der Waals surface area contributed by atoms with Gasteiger partial charge in [-0.3, -0.25) is 0 Å². The molecule has 1 aliphatic rings. The fourth-order valence-corrected chi connectivity index (χ4v) is 2.02. The van der Waals surface area contributed by atoms with Crippen LogP contribution in [0.4, 0.5) is 0 Å². The number of phenolic OH excluding ortho intramolecular Hbond substituents is 1. The maximum Gasteiger partial charge on any atom is 0.115 e. The zero-order chi connectivity index (χ0) is 10.7. The van der Waals surface area contributed by atoms with E-state index in [4.69, 9.17) is 0 Å². The molecule has 0 aromatic heterocycles. The number of benzene rings is 1. The number of rotatable bonds is 4. The van der Waals surface area contributed by atoms with Crippen LogP contribution >= 0.6 is 0 Å². The van der Waals surface area contributed by atoms with Crippen molar-refractivity contribution in [1.29, 1.82) is 0 Å². The molecule has 1 unspecified atom stereocenters. The molecule has 2 N–H and O–H groups in total. The van der Waals surface area contributed by atoms with E-state index in [2.05, 4.69) is 12.2 Å². The Labute approximate surface area is 91.3 Å². The third-order valence-electron chi connectivity index (χ3n) is 3.25. The lowest BCUT2D eigenvalue weighted by molar-refractivity contribution is 0.301. The van der Waals surface area contributed by atoms with Gasteiger partial charge in [-0.15, -0.1) is 0 Å². The molecule has 0 spiro atoms. The van der Waals surface area contributed by atoms with Crippen LogP contribution in [0.25, 0.3) is 0 Å². The summed E-state index contributed by atoms with van der Waals surface area (Å²) >= 11 is 0. The van der Waals surface area contributed by atoms with Gasteiger partial charge in [-0.2, -0.15) is 0 Å². The summed E-state index contributed by atoms with van der Waals surface area (Å²) in [4.78, 5) is 0. The fourth-order valence-electron chi connectivity index (χ4n) is 2.02. The molecule has 1 aliphatic carbocycles. The van der Waals surface area contributed by atoms with Gasteiger partial charge in [0.05, 0.1) is 0 Å². The van der Waals surface area contributed by atoms with Gasteiger partial charge in [-0.1, -0.05) is 25.5 Å². The van der Waals surface area contributed by atoms with Gasteiger partial charge in [0.25, 0.3) is 0 Å². The van der Waals surface area contributed by atoms with E-state index >= 15 is 0 Å². The van der Waals surface area contributed by atoms with Crippen molar-refractivity contribution in [3.63, 3.8) is 0 Å². The molecule has 2 heteroatoms. The summed E-state index contributed by atoms with van der Waals surface area (Å²) in [6, 6.07) is 8.70. The van der Waals surface area contributed by atoms with E-state index in [9.17, 15) is 5.11 Å². The highest BCUT2D eigenvalue weighted by Gasteiger charge is 2.20. The quantitative estimate of drug-likeness (QED) is 0.792. The summed E-state index contributed by atoms with van der Waals surface area (Å²) in [5, 5.41) is 12.9. The summed E-state index contributed by atoms with van der Waals surface area (Å²) in [7, 11) is 0. The highest BCUT2D eigenvalue weighted by molar-refractivity contribution is 5.28. The topological polar surface area (TPSA) is 32.3 Å². The van der Waals surface area contributed by atoms with Crippen LogP contribution in [0.1, 0.15) is 44.2 Å². The first kappa shape index (κ1) is 10.5. The molecule has 2 nitrogen and oxygen atoms in total. The molecule has 2 rings (SSSR count). The Morgan fingerprint density at radius 3 is 2.47 bits per heavy atom. The van der Waals surface area contributed by atoms with E-state index in [1.54, 1.807) is 12.1 Å². The molecular formula is C13H19NO. The predicted octanol–water partition coefficient (Wildman–Crippen LogP) is 2.99. The molecule has 0 aliphatic heterocycles. The number of aromatic hydroxyl groups is 1. The molecule has 1 atom stereocenters. The minimum Gasteiger partial charge on any atom is -0.508 e. The minimum atomic E-state index is 0.345. The number of hydrogen-bond donors (Lipinski definition) is 2. The average Bonchev–Trinajstić information content (AvgIpc) is 2.19. The Balaban J connectivity index is 2.01. The fraction of sp³-hybridized carbons (Fsp3) is 0.538. The van der Waals surface area contributed by atoms with Crippen molar-refractivity contribution in [2.24, 2.45) is 0 Å². The normalized spacial score (nSPS) is 18.5. The molecule has 1 saturated carbocycles. The number of phenols is 1. The second-order valence-corrected chi connectivity index (χ2v) is 4.35. The van der Waals surface area contributed by atoms with Gasteiger partial charge in [0.2, 0.25) is 0 Å². The van der Waals surface area contributed by atoms with Gasteiger partial charge in [0.15, 0.2) is 0 Å². The summed E-state index contributed by atoms with van der Waals surface area (Å²) in [5.74, 6) is 0.345. The van der Waals surface area contributed by atoms with Crippen LogP contribution in [-0.2, 0) is 0 Å². The molecule has 1 aromatic rings. The molecule has 0 radical (unpaired) electrons. The largest absolute Gasteiger partial charge is 0.508 e. The van der Waals surface area contributed by atoms with Crippen molar-refractivity contribution < 1.29 is 5.11 Å². The van der Waals surface area contributed by atoms with E-state index in [0.717, 1.165) is 6.42 Å². The van der Waals surface area contributed by atoms with Crippen LogP contribution in [-0.4, -0.2) is 11.1 Å². The number of nitrogens with one attached hydrogen (secondary N) is 1. The van der Waals surface area contributed by atoms with Crippen LogP contribution in [0.15, 0.2) is 24.3 Å². The van der Waals surface area contributed by atoms with Gasteiger partial charge in [0.1, 0.15) is 5.75 Å². The standard InChI is InChI=1S/C13H19NO/c1-2-13(14-11-4-3-5-11)10-6-8-12(15)9-7-10/h6-9,11,13-15H,2-5H2,1H3. The molecule has 0 heterocycles. The Morgan fingerprint density at radius 2 is 2.00 bits per heavy atom. The first-order valence-corrected chi connectivity index (χ1v) is 5.84. The summed E-state index contributed by atoms with van der Waals surface area (Å²) in [6.07, 6.45) is 5.09. The van der Waals surface area contributed by atoms with Crippen LogP contribution in [0.3, 0.4) is 0 Å². The van der Waals surface area contributed by atoms with Crippen molar-refractivity contribution >= 4 is 0 Å². The molecule has 0 bridgehead atoms. The van der Waals surface area contributed by atoms with E-state index in [-0.39, 0.29) is 0 Å². The van der Waals surface area contributed by atoms with E-state index in [0.29, 0.717) is 17.8 Å². The molecule has 15 heavy (non-hydrogen) atoms. The third-order valence-corrected chi connectivity index (χ3v) is 3.25. The SMILES string of the molecule is CCC(NC1CCC1)c1ccc(O)cc1. The van der Waals surface area contributed by atoms with Crippen molar-refractivity contribution in [3.05, 3.63) is 29.8 Å². The minimum absolute atomic E-state index is 0.345. The van der Waals surface area contributed by atoms with Crippen molar-refractivity contribution in [2.45, 2.75) is 44.7 Å². The predicted molar refractivity (Wildman–Crippen MR) is 61.9 cm³/mol. The first-order chi connectivity index (χ1) is 7.29. The molecule has 0 saturated heterocycles. The van der Waals surface area contributed by atoms with Gasteiger partial charge in [-0.25, -0.2) is 0 Å². The van der Waals surface area contributed by atoms with Crippen molar-refractivity contribution in [2.75, 3.05) is 0 Å². The van der Waals surface area contributed by atoms with Crippen LogP contribution in [0.2, 0.25) is 0 Å². The highest BCUT2D eigenvalue weighted by atomic mass is 16.3. The summed E-state index contributed by atoms with van der Waals surface area (Å²) in [6.45, 7) is 2.20. The number of hydrogen-bond acceptors (Lipinski definition) is 2. The molecule has 1 fully saturated rings. The molecule has 1 aromatic carbocycles. The highest BCUT2D eigenvalue weighted by Crippen LogP contribution is 2.25. The van der Waals surface area contributed by atoms with Crippen LogP contribution < -0.4 is 5.32 Å². The maximum atomic E-state index is 9.23. The van der Waals surface area contributed by atoms with Gasteiger partial charge in [-0.05, 0) is 37.0 Å². The van der Waals surface area contributed by atoms with Crippen LogP contribution in [0.5, 0.6) is 5.75 Å². The lowest BCUT2D eigenvalue weighted by Gasteiger charge is -2.31. The van der Waals surface area contributed by atoms with E-state index in [1.165, 1.54) is 24.8 Å². The summed E-state index contributed by atoms with van der Waals surface area (Å²) < 4.78 is 0. The Bertz CT molecular complexity index is 303. The maximum absolute atomic E-state index is 9.23. The van der Waals surface area contributed by atoms with Crippen LogP contribution in [0, 0.1) is 0 Å². The Hall–Kier alpha value is -1.02. The van der Waals surface area contributed by atoms with E-state index in [1.807, 2.05) is 12.1 Å². The second-order valence-electron chi connectivity index (χ2n) is 4.35. The van der Waals surface area contributed by atoms with Crippen molar-refractivity contribution in [3.8, 4) is 5.75 Å². The Morgan fingerprint density at radius 1 is 1.33 bits per heavy atom. The van der Waals surface area contributed by atoms with E-state index < -0.39 is 0 Å². The lowest BCUT2D eigenvalue weighted by Crippen LogP contribution is -2.37. The first-order valence-electron chi connectivity index (χ1n) is 5.84. The van der Waals surface area contributed by atoms with Gasteiger partial charge >= 0.3 is 0 Å². The van der Waals surface area contributed by atoms with Gasteiger partial charge < -0.3 is 10.4 Å². The average molecular weight is 205 g/mol. The third kappa shape index (κ3) is 2.51. The van der Waals surface area contributed by atoms with Crippen molar-refractivity contribution in [1.82, 2.24) is 5.32 Å². The monoisotopic (exact) mass is 205 g/mol. The Kier molecular flexibility index (Phi) is 3.27. The van der Waals surface area contributed by atoms with Gasteiger partial charge in [0, 0.05) is 12.1 Å². The second kappa shape index (κ2) is 4.67. The lowest BCUT2D eigenvalue weighted by atomic mass is 9.91. The summed E-state index contributed by atoms with van der Waals surface area (Å²) in [5.41, 5.74) is 1.28. The molecular weight excluding hydrogens is 186 g/mol. The zero-order valence-electron chi connectivity index (χ0n) is 9.24. The smallest absolute Gasteiger partial charge is 0.115 e. The molecule has 82 valence electrons. The zero-order valence-corrected chi connectivity index (χ0v) is 9.24. The molecule has 0 amide bonds.